The molecule has 4 rings (SSSR count). The Balaban J connectivity index is 1.43. The first-order valence-corrected chi connectivity index (χ1v) is 11.8. The van der Waals surface area contributed by atoms with Crippen LogP contribution in [0, 0.1) is 6.92 Å². The Morgan fingerprint density at radius 1 is 0.939 bits per heavy atom. The average molecular weight is 462 g/mol. The van der Waals surface area contributed by atoms with Crippen LogP contribution in [0.1, 0.15) is 27.4 Å². The zero-order valence-electron chi connectivity index (χ0n) is 18.0. The van der Waals surface area contributed by atoms with Gasteiger partial charge < -0.3 is 9.73 Å². The van der Waals surface area contributed by atoms with Crippen LogP contribution in [0.25, 0.3) is 11.3 Å². The summed E-state index contributed by atoms with van der Waals surface area (Å²) < 4.78 is 34.0. The standard InChI is InChI=1S/C25H23N3O4S/c1-18-12-13-21(14-23(18)33(30,31)28-15-19-8-4-2-5-9-19)25(29)27-17-24-26-16-22(32-24)20-10-6-3-7-11-20/h2-14,16,28H,15,17H2,1H3,(H,27,29). The highest BCUT2D eigenvalue weighted by Crippen LogP contribution is 2.20. The number of nitrogens with one attached hydrogen (secondary N) is 2. The number of sulfonamides is 1. The summed E-state index contributed by atoms with van der Waals surface area (Å²) >= 11 is 0. The van der Waals surface area contributed by atoms with Crippen molar-refractivity contribution in [1.82, 2.24) is 15.0 Å². The van der Waals surface area contributed by atoms with Crippen molar-refractivity contribution in [3.05, 3.63) is 108 Å². The lowest BCUT2D eigenvalue weighted by Gasteiger charge is -2.11. The first-order valence-electron chi connectivity index (χ1n) is 10.3. The third-order valence-corrected chi connectivity index (χ3v) is 6.60. The van der Waals surface area contributed by atoms with Crippen molar-refractivity contribution < 1.29 is 17.6 Å². The number of carbonyl (C=O) groups is 1. The van der Waals surface area contributed by atoms with Gasteiger partial charge in [0.25, 0.3) is 5.91 Å². The summed E-state index contributed by atoms with van der Waals surface area (Å²) in [6, 6.07) is 23.3. The van der Waals surface area contributed by atoms with E-state index >= 15 is 0 Å². The number of rotatable bonds is 8. The topological polar surface area (TPSA) is 101 Å². The van der Waals surface area contributed by atoms with E-state index in [0.717, 1.165) is 11.1 Å². The molecule has 4 aromatic rings. The van der Waals surface area contributed by atoms with Crippen LogP contribution in [0.3, 0.4) is 0 Å². The van der Waals surface area contributed by atoms with Gasteiger partial charge in [-0.1, -0.05) is 66.7 Å². The molecular formula is C25H23N3O4S. The largest absolute Gasteiger partial charge is 0.439 e. The third-order valence-electron chi connectivity index (χ3n) is 5.06. The van der Waals surface area contributed by atoms with Gasteiger partial charge in [-0.15, -0.1) is 0 Å². The van der Waals surface area contributed by atoms with Crippen LogP contribution in [-0.4, -0.2) is 19.3 Å². The molecule has 0 aliphatic heterocycles. The Morgan fingerprint density at radius 3 is 2.36 bits per heavy atom. The number of oxazole rings is 1. The fourth-order valence-corrected chi connectivity index (χ4v) is 4.55. The zero-order chi connectivity index (χ0) is 23.3. The molecule has 0 spiro atoms. The molecule has 0 atom stereocenters. The van der Waals surface area contributed by atoms with E-state index in [1.165, 1.54) is 6.07 Å². The van der Waals surface area contributed by atoms with E-state index < -0.39 is 15.9 Å². The predicted octanol–water partition coefficient (Wildman–Crippen LogP) is 4.06. The maximum absolute atomic E-state index is 12.9. The van der Waals surface area contributed by atoms with Gasteiger partial charge in [0.2, 0.25) is 15.9 Å². The van der Waals surface area contributed by atoms with E-state index in [1.54, 1.807) is 25.3 Å². The van der Waals surface area contributed by atoms with Gasteiger partial charge in [-0.25, -0.2) is 18.1 Å². The molecule has 1 aromatic heterocycles. The van der Waals surface area contributed by atoms with E-state index in [1.807, 2.05) is 60.7 Å². The van der Waals surface area contributed by atoms with E-state index in [-0.39, 0.29) is 23.5 Å². The summed E-state index contributed by atoms with van der Waals surface area (Å²) in [6.45, 7) is 1.93. The summed E-state index contributed by atoms with van der Waals surface area (Å²) in [5.41, 5.74) is 2.51. The molecule has 1 heterocycles. The SMILES string of the molecule is Cc1ccc(C(=O)NCc2ncc(-c3ccccc3)o2)cc1S(=O)(=O)NCc1ccccc1. The number of benzene rings is 3. The van der Waals surface area contributed by atoms with Crippen LogP contribution in [0.4, 0.5) is 0 Å². The summed E-state index contributed by atoms with van der Waals surface area (Å²) in [6.07, 6.45) is 1.60. The molecule has 168 valence electrons. The highest BCUT2D eigenvalue weighted by Gasteiger charge is 2.19. The van der Waals surface area contributed by atoms with Gasteiger partial charge in [-0.05, 0) is 30.2 Å². The number of nitrogens with zero attached hydrogens (tertiary/aromatic N) is 1. The van der Waals surface area contributed by atoms with E-state index in [0.29, 0.717) is 17.2 Å². The van der Waals surface area contributed by atoms with Crippen LogP contribution < -0.4 is 10.0 Å². The molecule has 2 N–H and O–H groups in total. The van der Waals surface area contributed by atoms with Crippen molar-refractivity contribution in [2.75, 3.05) is 0 Å². The van der Waals surface area contributed by atoms with Crippen LogP contribution in [0.15, 0.2) is 94.4 Å². The zero-order valence-corrected chi connectivity index (χ0v) is 18.8. The van der Waals surface area contributed by atoms with Crippen LogP contribution in [0.2, 0.25) is 0 Å². The van der Waals surface area contributed by atoms with Crippen LogP contribution in [0.5, 0.6) is 0 Å². The van der Waals surface area contributed by atoms with E-state index in [9.17, 15) is 13.2 Å². The molecule has 8 heteroatoms. The van der Waals surface area contributed by atoms with Crippen molar-refractivity contribution in [2.45, 2.75) is 24.9 Å². The smallest absolute Gasteiger partial charge is 0.251 e. The van der Waals surface area contributed by atoms with E-state index in [4.69, 9.17) is 4.42 Å². The molecule has 0 aliphatic carbocycles. The van der Waals surface area contributed by atoms with Gasteiger partial charge in [0.05, 0.1) is 17.6 Å². The lowest BCUT2D eigenvalue weighted by atomic mass is 10.1. The Morgan fingerprint density at radius 2 is 1.64 bits per heavy atom. The minimum atomic E-state index is -3.80. The minimum absolute atomic E-state index is 0.0635. The number of carbonyl (C=O) groups excluding carboxylic acids is 1. The predicted molar refractivity (Wildman–Crippen MR) is 125 cm³/mol. The Bertz CT molecular complexity index is 1350. The Hall–Kier alpha value is -3.75. The molecule has 3 aromatic carbocycles. The minimum Gasteiger partial charge on any atom is -0.439 e. The molecular weight excluding hydrogens is 438 g/mol. The maximum atomic E-state index is 12.9. The average Bonchev–Trinajstić information content (AvgIpc) is 3.32. The lowest BCUT2D eigenvalue weighted by molar-refractivity contribution is 0.0947. The Kier molecular flexibility index (Phi) is 6.67. The van der Waals surface area contributed by atoms with Crippen LogP contribution in [-0.2, 0) is 23.1 Å². The molecule has 0 bridgehead atoms. The van der Waals surface area contributed by atoms with Crippen LogP contribution >= 0.6 is 0 Å². The molecule has 7 nitrogen and oxygen atoms in total. The highest BCUT2D eigenvalue weighted by molar-refractivity contribution is 7.89. The van der Waals surface area contributed by atoms with Gasteiger partial charge in [0.1, 0.15) is 0 Å². The van der Waals surface area contributed by atoms with Gasteiger partial charge in [-0.3, -0.25) is 4.79 Å². The second kappa shape index (κ2) is 9.81. The molecule has 0 fully saturated rings. The fraction of sp³-hybridized carbons (Fsp3) is 0.120. The molecule has 0 saturated carbocycles. The summed E-state index contributed by atoms with van der Waals surface area (Å²) in [5.74, 6) is 0.536. The van der Waals surface area contributed by atoms with Gasteiger partial charge in [-0.2, -0.15) is 0 Å². The van der Waals surface area contributed by atoms with Gasteiger partial charge >= 0.3 is 0 Å². The number of hydrogen-bond donors (Lipinski definition) is 2. The Labute approximate surface area is 192 Å². The monoisotopic (exact) mass is 461 g/mol. The number of amides is 1. The summed E-state index contributed by atoms with van der Waals surface area (Å²) in [5, 5.41) is 2.73. The summed E-state index contributed by atoms with van der Waals surface area (Å²) in [7, 11) is -3.80. The number of aromatic nitrogens is 1. The molecule has 0 radical (unpaired) electrons. The molecule has 0 saturated heterocycles. The molecule has 0 aliphatic rings. The second-order valence-electron chi connectivity index (χ2n) is 7.46. The summed E-state index contributed by atoms with van der Waals surface area (Å²) in [4.78, 5) is 16.9. The normalized spacial score (nSPS) is 11.3. The third kappa shape index (κ3) is 5.54. The maximum Gasteiger partial charge on any atom is 0.251 e. The number of aryl methyl sites for hydroxylation is 1. The van der Waals surface area contributed by atoms with Crippen molar-refractivity contribution in [3.63, 3.8) is 0 Å². The first-order chi connectivity index (χ1) is 15.9. The van der Waals surface area contributed by atoms with Crippen molar-refractivity contribution in [1.29, 1.82) is 0 Å². The number of hydrogen-bond acceptors (Lipinski definition) is 5. The highest BCUT2D eigenvalue weighted by atomic mass is 32.2. The molecule has 33 heavy (non-hydrogen) atoms. The molecule has 0 unspecified atom stereocenters. The van der Waals surface area contributed by atoms with Gasteiger partial charge in [0.15, 0.2) is 5.76 Å². The van der Waals surface area contributed by atoms with Crippen molar-refractivity contribution in [3.8, 4) is 11.3 Å². The lowest BCUT2D eigenvalue weighted by Crippen LogP contribution is -2.26. The van der Waals surface area contributed by atoms with Crippen molar-refractivity contribution in [2.24, 2.45) is 0 Å². The molecule has 1 amide bonds. The van der Waals surface area contributed by atoms with E-state index in [2.05, 4.69) is 15.0 Å². The van der Waals surface area contributed by atoms with Gasteiger partial charge in [0, 0.05) is 17.7 Å². The fourth-order valence-electron chi connectivity index (χ4n) is 3.27. The first kappa shape index (κ1) is 22.4. The van der Waals surface area contributed by atoms with Crippen molar-refractivity contribution >= 4 is 15.9 Å². The second-order valence-corrected chi connectivity index (χ2v) is 9.19. The quantitative estimate of drug-likeness (QED) is 0.412.